The molecular weight excluding hydrogens is 1760 g/mol. The molecule has 0 aliphatic carbocycles. The first-order valence-electron chi connectivity index (χ1n) is 50.4. The quantitative estimate of drug-likeness (QED) is 0.122. The number of aryl methyl sites for hydroxylation is 3. The van der Waals surface area contributed by atoms with E-state index in [0.29, 0.717) is 11.1 Å². The maximum Gasteiger partial charge on any atom is 0.101 e. The van der Waals surface area contributed by atoms with Gasteiger partial charge in [0.15, 0.2) is 0 Å². The molecule has 0 saturated heterocycles. The normalized spacial score (nSPS) is 11.2. The Kier molecular flexibility index (Phi) is 25.0. The van der Waals surface area contributed by atoms with Crippen LogP contribution in [0.3, 0.4) is 0 Å². The van der Waals surface area contributed by atoms with Gasteiger partial charge in [0.2, 0.25) is 0 Å². The molecule has 0 saturated carbocycles. The van der Waals surface area contributed by atoms with Crippen LogP contribution in [0.2, 0.25) is 0 Å². The molecule has 0 spiro atoms. The zero-order valence-corrected chi connectivity index (χ0v) is 82.7. The van der Waals surface area contributed by atoms with Crippen LogP contribution in [0.4, 0.5) is 0 Å². The summed E-state index contributed by atoms with van der Waals surface area (Å²) < 4.78 is 14.1. The lowest BCUT2D eigenvalue weighted by atomic mass is 9.99. The molecule has 0 N–H and O–H groups in total. The maximum atomic E-state index is 10.5. The first-order chi connectivity index (χ1) is 71.6. The van der Waals surface area contributed by atoms with Gasteiger partial charge in [-0.05, 0) is 274 Å². The average Bonchev–Trinajstić information content (AvgIpc) is 1.61. The molecule has 694 valence electrons. The summed E-state index contributed by atoms with van der Waals surface area (Å²) in [5, 5.41) is 35.3. The molecule has 8 heteroatoms. The van der Waals surface area contributed by atoms with Crippen molar-refractivity contribution in [1.29, 1.82) is 10.5 Å². The third-order valence-corrected chi connectivity index (χ3v) is 28.2. The molecule has 6 aromatic heterocycles. The SMILES string of the molecule is CC.CC.CC.Cc1ccccc1-n1c2ccc(-c3ccccc3)cc2c2cc(-c3cc(C#N)cc(-n4c5ccccc5c5ccccc54)c3)ccc21.Cc1ccccc1-n1c2ccc(-c3ccccc3)cc2c2cc(-c3ccc(-n4c5ccccc5c5ccccc54)c(C#N)c3)ccc21.Cc1ccccc1-n1c2ccc(-c3ccccc3)cc2c2cc(-c3ccc(-n4c5ccccc5c5ccccc54)cc3)ccc21. The highest BCUT2D eigenvalue weighted by atomic mass is 15.0. The fourth-order valence-electron chi connectivity index (χ4n) is 21.6. The van der Waals surface area contributed by atoms with Crippen LogP contribution in [0.15, 0.2) is 479 Å². The number of fused-ring (bicyclic) bond motifs is 18. The van der Waals surface area contributed by atoms with Gasteiger partial charge in [0, 0.05) is 93.1 Å². The van der Waals surface area contributed by atoms with E-state index in [2.05, 4.69) is 521 Å². The Morgan fingerprint density at radius 2 is 0.379 bits per heavy atom. The van der Waals surface area contributed by atoms with E-state index in [1.165, 1.54) is 182 Å². The Morgan fingerprint density at radius 3 is 0.683 bits per heavy atom. The van der Waals surface area contributed by atoms with Crippen LogP contribution in [-0.2, 0) is 0 Å². The van der Waals surface area contributed by atoms with Gasteiger partial charge in [-0.15, -0.1) is 0 Å². The number of benzene rings is 21. The number of nitrogens with zero attached hydrogens (tertiary/aromatic N) is 8. The molecule has 6 heterocycles. The first-order valence-corrected chi connectivity index (χ1v) is 50.4. The third-order valence-electron chi connectivity index (χ3n) is 28.2. The summed E-state index contributed by atoms with van der Waals surface area (Å²) >= 11 is 0. The lowest BCUT2D eigenvalue weighted by molar-refractivity contribution is 1.15. The Morgan fingerprint density at radius 1 is 0.152 bits per heavy atom. The molecule has 0 atom stereocenters. The molecule has 27 aromatic rings. The largest absolute Gasteiger partial charge is 0.309 e. The topological polar surface area (TPSA) is 77.2 Å². The van der Waals surface area contributed by atoms with Crippen LogP contribution >= 0.6 is 0 Å². The minimum Gasteiger partial charge on any atom is -0.309 e. The summed E-state index contributed by atoms with van der Waals surface area (Å²) in [5.41, 5.74) is 39.4. The van der Waals surface area contributed by atoms with Crippen LogP contribution in [-0.4, -0.2) is 27.4 Å². The smallest absolute Gasteiger partial charge is 0.101 e. The summed E-state index contributed by atoms with van der Waals surface area (Å²) in [6.07, 6.45) is 0. The molecule has 0 amide bonds. The molecule has 0 unspecified atom stereocenters. The first kappa shape index (κ1) is 91.5. The zero-order chi connectivity index (χ0) is 98.9. The third kappa shape index (κ3) is 16.4. The second-order valence-corrected chi connectivity index (χ2v) is 36.2. The number of hydrogen-bond acceptors (Lipinski definition) is 2. The van der Waals surface area contributed by atoms with Gasteiger partial charge in [-0.25, -0.2) is 0 Å². The van der Waals surface area contributed by atoms with Crippen molar-refractivity contribution in [2.45, 2.75) is 62.3 Å². The van der Waals surface area contributed by atoms with E-state index in [1.807, 2.05) is 59.7 Å². The van der Waals surface area contributed by atoms with E-state index < -0.39 is 0 Å². The Bertz CT molecular complexity index is 9540. The maximum absolute atomic E-state index is 10.5. The second kappa shape index (κ2) is 39.6. The van der Waals surface area contributed by atoms with E-state index in [9.17, 15) is 10.5 Å². The van der Waals surface area contributed by atoms with Crippen molar-refractivity contribution in [1.82, 2.24) is 27.4 Å². The fourth-order valence-corrected chi connectivity index (χ4v) is 21.6. The standard InChI is InChI=1S/2C44H29N3.C43H30N2.3C2H6/c1-29-11-5-8-16-39(29)46-43-23-20-32(30-12-3-2-4-13-30)26-37(43)38-27-33(21-24-44(38)46)31-19-22-40(34(25-31)28-45)47-41-17-9-6-14-35(41)36-15-7-10-18-42(36)47;1-29-11-5-8-16-40(29)47-43-21-19-32(31-12-3-2-4-13-31)26-38(43)39-27-33(20-22-44(39)47)34-23-30(28-45)24-35(25-34)46-41-17-9-6-14-36(41)37-15-7-10-18-42(37)46;1-29-11-5-8-16-39(29)45-42-25-21-32(30-12-3-2-4-13-30)27-37(42)38-28-33(22-26-43(38)45)31-19-23-34(24-20-31)44-40-17-9-6-14-35(40)36-15-7-10-18-41(36)44;3*1-2/h2*2-27H,1H3;2-28H,1H3;3*1-2H3. The molecule has 0 bridgehead atoms. The molecule has 21 aromatic carbocycles. The highest BCUT2D eigenvalue weighted by molar-refractivity contribution is 6.17. The summed E-state index contributed by atoms with van der Waals surface area (Å²) in [5.74, 6) is 0. The molecule has 145 heavy (non-hydrogen) atoms. The predicted molar refractivity (Wildman–Crippen MR) is 616 cm³/mol. The number of aromatic nitrogens is 6. The van der Waals surface area contributed by atoms with E-state index in [1.54, 1.807) is 0 Å². The molecule has 0 radical (unpaired) electrons. The molecule has 0 fully saturated rings. The van der Waals surface area contributed by atoms with Gasteiger partial charge >= 0.3 is 0 Å². The van der Waals surface area contributed by atoms with Gasteiger partial charge < -0.3 is 27.4 Å². The van der Waals surface area contributed by atoms with Gasteiger partial charge in [-0.1, -0.05) is 351 Å². The summed E-state index contributed by atoms with van der Waals surface area (Å²) in [6, 6.07) is 176. The van der Waals surface area contributed by atoms with Crippen LogP contribution in [0.1, 0.15) is 69.4 Å². The van der Waals surface area contributed by atoms with Crippen LogP contribution in [0.25, 0.3) is 232 Å². The Labute approximate surface area is 845 Å². The van der Waals surface area contributed by atoms with Gasteiger partial charge in [0.1, 0.15) is 6.07 Å². The Hall–Kier alpha value is -18.6. The number of hydrogen-bond donors (Lipinski definition) is 0. The number of para-hydroxylation sites is 9. The molecule has 0 aliphatic rings. The van der Waals surface area contributed by atoms with E-state index in [-0.39, 0.29) is 0 Å². The van der Waals surface area contributed by atoms with Crippen LogP contribution in [0.5, 0.6) is 0 Å². The Balaban J connectivity index is 0.000000121. The highest BCUT2D eigenvalue weighted by Crippen LogP contribution is 2.46. The van der Waals surface area contributed by atoms with Gasteiger partial charge in [-0.2, -0.15) is 10.5 Å². The van der Waals surface area contributed by atoms with Crippen molar-refractivity contribution in [3.05, 3.63) is 507 Å². The van der Waals surface area contributed by atoms with E-state index >= 15 is 0 Å². The minimum atomic E-state index is 0.633. The van der Waals surface area contributed by atoms with Gasteiger partial charge in [-0.3, -0.25) is 0 Å². The summed E-state index contributed by atoms with van der Waals surface area (Å²) in [7, 11) is 0. The highest BCUT2D eigenvalue weighted by Gasteiger charge is 2.25. The van der Waals surface area contributed by atoms with Crippen molar-refractivity contribution in [3.63, 3.8) is 0 Å². The van der Waals surface area contributed by atoms with Crippen molar-refractivity contribution < 1.29 is 0 Å². The van der Waals surface area contributed by atoms with Crippen molar-refractivity contribution in [2.75, 3.05) is 0 Å². The number of rotatable bonds is 12. The molecule has 0 aliphatic heterocycles. The van der Waals surface area contributed by atoms with Gasteiger partial charge in [0.25, 0.3) is 0 Å². The average molecular weight is 1860 g/mol. The number of nitriles is 2. The minimum absolute atomic E-state index is 0.633. The zero-order valence-electron chi connectivity index (χ0n) is 82.7. The second-order valence-electron chi connectivity index (χ2n) is 36.2. The monoisotopic (exact) mass is 1860 g/mol. The molecule has 8 nitrogen and oxygen atoms in total. The van der Waals surface area contributed by atoms with Crippen LogP contribution < -0.4 is 0 Å². The lowest BCUT2D eigenvalue weighted by Crippen LogP contribution is -1.98. The predicted octanol–water partition coefficient (Wildman–Crippen LogP) is 37.4. The molecule has 27 rings (SSSR count). The van der Waals surface area contributed by atoms with Crippen LogP contribution in [0, 0.1) is 43.4 Å². The lowest BCUT2D eigenvalue weighted by Gasteiger charge is -2.13. The summed E-state index contributed by atoms with van der Waals surface area (Å²) in [4.78, 5) is 0. The fraction of sp³-hybridized carbons (Fsp3) is 0.0657. The van der Waals surface area contributed by atoms with Crippen molar-refractivity contribution in [3.8, 4) is 113 Å². The summed E-state index contributed by atoms with van der Waals surface area (Å²) in [6.45, 7) is 18.5. The van der Waals surface area contributed by atoms with Crippen molar-refractivity contribution >= 4 is 131 Å². The van der Waals surface area contributed by atoms with E-state index in [0.717, 1.165) is 66.7 Å². The molecular formula is C137H106N8. The van der Waals surface area contributed by atoms with Gasteiger partial charge in [0.05, 0.1) is 89.1 Å². The van der Waals surface area contributed by atoms with E-state index in [4.69, 9.17) is 0 Å². The van der Waals surface area contributed by atoms with Crippen molar-refractivity contribution in [2.24, 2.45) is 0 Å².